The summed E-state index contributed by atoms with van der Waals surface area (Å²) in [6.07, 6.45) is 0. The second kappa shape index (κ2) is 9.21. The second-order valence-corrected chi connectivity index (χ2v) is 10.9. The predicted molar refractivity (Wildman–Crippen MR) is 111 cm³/mol. The van der Waals surface area contributed by atoms with E-state index in [-0.39, 0.29) is 10.6 Å². The normalized spacial score (nSPS) is 13.4. The Morgan fingerprint density at radius 3 is 2.20 bits per heavy atom. The van der Waals surface area contributed by atoms with E-state index in [1.54, 1.807) is 13.8 Å². The van der Waals surface area contributed by atoms with Crippen molar-refractivity contribution in [3.63, 3.8) is 0 Å². The zero-order valence-electron chi connectivity index (χ0n) is 17.0. The molecule has 8 nitrogen and oxygen atoms in total. The minimum Gasteiger partial charge on any atom is -0.325 e. The Balaban J connectivity index is 2.28. The molecule has 0 bridgehead atoms. The number of nitrogens with one attached hydrogen (secondary N) is 2. The summed E-state index contributed by atoms with van der Waals surface area (Å²) in [4.78, 5) is 12.2. The van der Waals surface area contributed by atoms with Crippen molar-refractivity contribution in [3.8, 4) is 0 Å². The molecule has 1 amide bonds. The van der Waals surface area contributed by atoms with Crippen molar-refractivity contribution in [2.24, 2.45) is 5.92 Å². The fourth-order valence-electron chi connectivity index (χ4n) is 2.55. The number of anilines is 1. The quantitative estimate of drug-likeness (QED) is 0.630. The van der Waals surface area contributed by atoms with Crippen molar-refractivity contribution in [2.45, 2.75) is 29.7 Å². The Labute approximate surface area is 176 Å². The van der Waals surface area contributed by atoms with Crippen LogP contribution in [0.5, 0.6) is 0 Å². The van der Waals surface area contributed by atoms with Crippen LogP contribution in [0.15, 0.2) is 58.3 Å². The van der Waals surface area contributed by atoms with Crippen LogP contribution in [0.2, 0.25) is 0 Å². The number of sulfonamides is 2. The Morgan fingerprint density at radius 1 is 1.00 bits per heavy atom. The van der Waals surface area contributed by atoms with Gasteiger partial charge in [0.15, 0.2) is 0 Å². The third-order valence-corrected chi connectivity index (χ3v) is 7.52. The number of carbonyl (C=O) groups is 1. The van der Waals surface area contributed by atoms with Gasteiger partial charge in [-0.2, -0.15) is 4.72 Å². The van der Waals surface area contributed by atoms with Gasteiger partial charge in [0.2, 0.25) is 26.0 Å². The van der Waals surface area contributed by atoms with Gasteiger partial charge < -0.3 is 5.32 Å². The van der Waals surface area contributed by atoms with Gasteiger partial charge in [0.05, 0.1) is 4.90 Å². The fraction of sp³-hybridized carbons (Fsp3) is 0.316. The highest BCUT2D eigenvalue weighted by Gasteiger charge is 2.30. The molecule has 0 spiro atoms. The Morgan fingerprint density at radius 2 is 1.63 bits per heavy atom. The average molecular weight is 458 g/mol. The van der Waals surface area contributed by atoms with Gasteiger partial charge in [0, 0.05) is 19.8 Å². The SMILES string of the molecule is CC(C)[C@H](NS(=O)(=O)c1ccccc1F)C(=O)Nc1cccc(S(=O)(=O)N(C)C)c1. The van der Waals surface area contributed by atoms with Gasteiger partial charge in [-0.1, -0.05) is 32.0 Å². The van der Waals surface area contributed by atoms with E-state index in [2.05, 4.69) is 10.0 Å². The van der Waals surface area contributed by atoms with E-state index in [0.717, 1.165) is 16.4 Å². The first-order valence-electron chi connectivity index (χ1n) is 8.96. The number of nitrogens with zero attached hydrogens (tertiary/aromatic N) is 1. The summed E-state index contributed by atoms with van der Waals surface area (Å²) in [5.74, 6) is -2.11. The van der Waals surface area contributed by atoms with Crippen LogP contribution >= 0.6 is 0 Å². The van der Waals surface area contributed by atoms with E-state index in [9.17, 15) is 26.0 Å². The third kappa shape index (κ3) is 5.42. The minimum atomic E-state index is -4.30. The smallest absolute Gasteiger partial charge is 0.244 e. The van der Waals surface area contributed by atoms with Gasteiger partial charge >= 0.3 is 0 Å². The molecule has 2 rings (SSSR count). The first-order valence-corrected chi connectivity index (χ1v) is 11.9. The lowest BCUT2D eigenvalue weighted by Crippen LogP contribution is -2.47. The highest BCUT2D eigenvalue weighted by atomic mass is 32.2. The van der Waals surface area contributed by atoms with Crippen LogP contribution in [0.25, 0.3) is 0 Å². The lowest BCUT2D eigenvalue weighted by molar-refractivity contribution is -0.118. The topological polar surface area (TPSA) is 113 Å². The van der Waals surface area contributed by atoms with Gasteiger partial charge in [-0.3, -0.25) is 4.79 Å². The van der Waals surface area contributed by atoms with Gasteiger partial charge in [0.1, 0.15) is 16.8 Å². The lowest BCUT2D eigenvalue weighted by atomic mass is 10.0. The summed E-state index contributed by atoms with van der Waals surface area (Å²) in [7, 11) is -5.25. The second-order valence-electron chi connectivity index (χ2n) is 7.08. The molecule has 0 saturated carbocycles. The Hall–Kier alpha value is -2.34. The minimum absolute atomic E-state index is 0.0293. The largest absolute Gasteiger partial charge is 0.325 e. The average Bonchev–Trinajstić information content (AvgIpc) is 2.66. The van der Waals surface area contributed by atoms with E-state index in [4.69, 9.17) is 0 Å². The molecule has 164 valence electrons. The molecule has 0 aromatic heterocycles. The molecule has 1 atom stereocenters. The molecule has 11 heteroatoms. The number of benzene rings is 2. The van der Waals surface area contributed by atoms with Crippen molar-refractivity contribution in [1.29, 1.82) is 0 Å². The molecule has 2 N–H and O–H groups in total. The van der Waals surface area contributed by atoms with Crippen molar-refractivity contribution < 1.29 is 26.0 Å². The van der Waals surface area contributed by atoms with Crippen molar-refractivity contribution in [2.75, 3.05) is 19.4 Å². The maximum absolute atomic E-state index is 13.9. The first kappa shape index (κ1) is 23.9. The Bertz CT molecular complexity index is 1130. The zero-order chi connectivity index (χ0) is 22.7. The number of hydrogen-bond acceptors (Lipinski definition) is 5. The number of halogens is 1. The zero-order valence-corrected chi connectivity index (χ0v) is 18.6. The van der Waals surface area contributed by atoms with Crippen LogP contribution in [0.1, 0.15) is 13.8 Å². The number of rotatable bonds is 8. The summed E-state index contributed by atoms with van der Waals surface area (Å²) in [6, 6.07) is 9.22. The molecule has 30 heavy (non-hydrogen) atoms. The van der Waals surface area contributed by atoms with E-state index >= 15 is 0 Å². The highest BCUT2D eigenvalue weighted by molar-refractivity contribution is 7.89. The molecule has 0 heterocycles. The molecule has 0 unspecified atom stereocenters. The molecule has 0 radical (unpaired) electrons. The highest BCUT2D eigenvalue weighted by Crippen LogP contribution is 2.20. The van der Waals surface area contributed by atoms with Crippen LogP contribution < -0.4 is 10.0 Å². The summed E-state index contributed by atoms with van der Waals surface area (Å²) in [5.41, 5.74) is 0.179. The molecular weight excluding hydrogens is 433 g/mol. The van der Waals surface area contributed by atoms with Crippen LogP contribution in [-0.4, -0.2) is 47.2 Å². The molecular formula is C19H24FN3O5S2. The van der Waals surface area contributed by atoms with Crippen LogP contribution in [-0.2, 0) is 24.8 Å². The van der Waals surface area contributed by atoms with Gasteiger partial charge in [-0.05, 0) is 36.2 Å². The van der Waals surface area contributed by atoms with E-state index in [0.29, 0.717) is 0 Å². The van der Waals surface area contributed by atoms with Crippen LogP contribution in [0.4, 0.5) is 10.1 Å². The monoisotopic (exact) mass is 457 g/mol. The van der Waals surface area contributed by atoms with Gasteiger partial charge in [0.25, 0.3) is 0 Å². The number of hydrogen-bond donors (Lipinski definition) is 2. The van der Waals surface area contributed by atoms with Crippen molar-refractivity contribution in [3.05, 3.63) is 54.3 Å². The number of carbonyl (C=O) groups excluding carboxylic acids is 1. The van der Waals surface area contributed by atoms with Gasteiger partial charge in [-0.25, -0.2) is 25.5 Å². The fourth-order valence-corrected chi connectivity index (χ4v) is 4.92. The van der Waals surface area contributed by atoms with E-state index in [1.165, 1.54) is 50.5 Å². The predicted octanol–water partition coefficient (Wildman–Crippen LogP) is 2.02. The molecule has 0 saturated heterocycles. The first-order chi connectivity index (χ1) is 13.9. The summed E-state index contributed by atoms with van der Waals surface area (Å²) in [6.45, 7) is 3.25. The van der Waals surface area contributed by atoms with Crippen LogP contribution in [0, 0.1) is 11.7 Å². The lowest BCUT2D eigenvalue weighted by Gasteiger charge is -2.22. The maximum atomic E-state index is 13.9. The summed E-state index contributed by atoms with van der Waals surface area (Å²) in [5, 5.41) is 2.52. The maximum Gasteiger partial charge on any atom is 0.244 e. The third-order valence-electron chi connectivity index (χ3n) is 4.24. The molecule has 2 aromatic rings. The molecule has 0 aliphatic heterocycles. The Kier molecular flexibility index (Phi) is 7.35. The van der Waals surface area contributed by atoms with Gasteiger partial charge in [-0.15, -0.1) is 0 Å². The molecule has 0 fully saturated rings. The number of amides is 1. The standard InChI is InChI=1S/C19H24FN3O5S2/c1-13(2)18(22-29(25,26)17-11-6-5-10-16(17)20)19(24)21-14-8-7-9-15(12-14)30(27,28)23(3)4/h5-13,18,22H,1-4H3,(H,21,24)/t18-/m0/s1. The van der Waals surface area contributed by atoms with Crippen molar-refractivity contribution in [1.82, 2.24) is 9.03 Å². The molecule has 2 aromatic carbocycles. The summed E-state index contributed by atoms with van der Waals surface area (Å²) < 4.78 is 66.9. The molecule has 0 aliphatic rings. The summed E-state index contributed by atoms with van der Waals surface area (Å²) >= 11 is 0. The van der Waals surface area contributed by atoms with Crippen molar-refractivity contribution >= 4 is 31.6 Å². The molecule has 0 aliphatic carbocycles. The van der Waals surface area contributed by atoms with E-state index in [1.807, 2.05) is 0 Å². The van der Waals surface area contributed by atoms with E-state index < -0.39 is 48.6 Å². The van der Waals surface area contributed by atoms with Crippen LogP contribution in [0.3, 0.4) is 0 Å².